The number of ether oxygens (including phenoxy) is 1. The molecule has 0 aliphatic heterocycles. The van der Waals surface area contributed by atoms with Gasteiger partial charge in [-0.2, -0.15) is 0 Å². The van der Waals surface area contributed by atoms with Gasteiger partial charge in [-0.1, -0.05) is 17.7 Å². The van der Waals surface area contributed by atoms with Crippen LogP contribution in [-0.2, 0) is 4.74 Å². The molecule has 0 radical (unpaired) electrons. The third kappa shape index (κ3) is 4.55. The number of hydrogen-bond acceptors (Lipinski definition) is 3. The van der Waals surface area contributed by atoms with E-state index in [9.17, 15) is 4.79 Å². The van der Waals surface area contributed by atoms with Crippen LogP contribution in [0.5, 0.6) is 0 Å². The molecule has 2 N–H and O–H groups in total. The molecule has 5 heteroatoms. The van der Waals surface area contributed by atoms with Gasteiger partial charge in [-0.25, -0.2) is 4.79 Å². The molecular formula is C13H19ClN2O2. The van der Waals surface area contributed by atoms with Gasteiger partial charge in [0.25, 0.3) is 0 Å². The maximum atomic E-state index is 12.1. The normalized spacial score (nSPS) is 11.2. The molecule has 1 aromatic rings. The van der Waals surface area contributed by atoms with E-state index >= 15 is 0 Å². The van der Waals surface area contributed by atoms with E-state index in [0.717, 1.165) is 0 Å². The Morgan fingerprint density at radius 1 is 1.44 bits per heavy atom. The summed E-state index contributed by atoms with van der Waals surface area (Å²) in [6.45, 7) is 6.21. The van der Waals surface area contributed by atoms with Gasteiger partial charge in [0.05, 0.1) is 0 Å². The number of rotatable bonds is 3. The molecule has 100 valence electrons. The summed E-state index contributed by atoms with van der Waals surface area (Å²) in [6, 6.07) is 7.04. The second-order valence-electron chi connectivity index (χ2n) is 4.90. The first-order valence-corrected chi connectivity index (χ1v) is 6.17. The first-order chi connectivity index (χ1) is 8.33. The highest BCUT2D eigenvalue weighted by molar-refractivity contribution is 6.30. The van der Waals surface area contributed by atoms with Crippen LogP contribution in [0.2, 0.25) is 5.02 Å². The largest absolute Gasteiger partial charge is 0.443 e. The van der Waals surface area contributed by atoms with Crippen molar-refractivity contribution >= 4 is 23.4 Å². The molecule has 4 nitrogen and oxygen atoms in total. The first kappa shape index (κ1) is 14.8. The molecule has 0 bridgehead atoms. The topological polar surface area (TPSA) is 55.6 Å². The summed E-state index contributed by atoms with van der Waals surface area (Å²) in [5.41, 5.74) is 5.67. The zero-order chi connectivity index (χ0) is 13.8. The summed E-state index contributed by atoms with van der Waals surface area (Å²) in [6.07, 6.45) is -0.421. The predicted octanol–water partition coefficient (Wildman–Crippen LogP) is 3.04. The number of amides is 1. The lowest BCUT2D eigenvalue weighted by atomic mass is 10.2. The second-order valence-corrected chi connectivity index (χ2v) is 5.34. The molecule has 0 atom stereocenters. The summed E-state index contributed by atoms with van der Waals surface area (Å²) < 4.78 is 5.34. The molecule has 1 amide bonds. The van der Waals surface area contributed by atoms with Crippen molar-refractivity contribution in [3.63, 3.8) is 0 Å². The zero-order valence-electron chi connectivity index (χ0n) is 10.9. The molecule has 18 heavy (non-hydrogen) atoms. The summed E-state index contributed by atoms with van der Waals surface area (Å²) >= 11 is 5.92. The number of hydrogen-bond donors (Lipinski definition) is 1. The second kappa shape index (κ2) is 6.07. The summed E-state index contributed by atoms with van der Waals surface area (Å²) in [5.74, 6) is 0. The lowest BCUT2D eigenvalue weighted by molar-refractivity contribution is 0.0581. The highest BCUT2D eigenvalue weighted by Gasteiger charge is 2.22. The maximum Gasteiger partial charge on any atom is 0.414 e. The van der Waals surface area contributed by atoms with Crippen LogP contribution < -0.4 is 10.6 Å². The third-order valence-electron chi connectivity index (χ3n) is 2.09. The standard InChI is InChI=1S/C13H19ClN2O2/c1-13(2,3)18-12(17)16(8-7-15)11-6-4-5-10(14)9-11/h4-6,9H,7-8,15H2,1-3H3. The van der Waals surface area contributed by atoms with Crippen molar-refractivity contribution in [1.29, 1.82) is 0 Å². The Morgan fingerprint density at radius 3 is 2.61 bits per heavy atom. The van der Waals surface area contributed by atoms with Crippen molar-refractivity contribution in [2.45, 2.75) is 26.4 Å². The SMILES string of the molecule is CC(C)(C)OC(=O)N(CCN)c1cccc(Cl)c1. The molecule has 0 unspecified atom stereocenters. The molecular weight excluding hydrogens is 252 g/mol. The minimum Gasteiger partial charge on any atom is -0.443 e. The van der Waals surface area contributed by atoms with Crippen LogP contribution >= 0.6 is 11.6 Å². The molecule has 0 saturated heterocycles. The van der Waals surface area contributed by atoms with E-state index in [4.69, 9.17) is 22.1 Å². The van der Waals surface area contributed by atoms with Crippen LogP contribution in [0, 0.1) is 0 Å². The number of carbonyl (C=O) groups is 1. The minimum atomic E-state index is -0.539. The fourth-order valence-corrected chi connectivity index (χ4v) is 1.60. The average molecular weight is 271 g/mol. The number of nitrogens with zero attached hydrogens (tertiary/aromatic N) is 1. The van der Waals surface area contributed by atoms with Crippen LogP contribution in [0.3, 0.4) is 0 Å². The average Bonchev–Trinajstić information content (AvgIpc) is 2.23. The number of halogens is 1. The smallest absolute Gasteiger partial charge is 0.414 e. The third-order valence-corrected chi connectivity index (χ3v) is 2.32. The van der Waals surface area contributed by atoms with E-state index in [1.165, 1.54) is 4.90 Å². The first-order valence-electron chi connectivity index (χ1n) is 5.79. The molecule has 0 saturated carbocycles. The lowest BCUT2D eigenvalue weighted by Crippen LogP contribution is -2.39. The van der Waals surface area contributed by atoms with Gasteiger partial charge in [0.15, 0.2) is 0 Å². The van der Waals surface area contributed by atoms with E-state index in [1.807, 2.05) is 20.8 Å². The Kier molecular flexibility index (Phi) is 4.99. The van der Waals surface area contributed by atoms with Crippen molar-refractivity contribution in [3.8, 4) is 0 Å². The maximum absolute atomic E-state index is 12.1. The molecule has 0 fully saturated rings. The van der Waals surface area contributed by atoms with Crippen LogP contribution in [0.25, 0.3) is 0 Å². The molecule has 0 heterocycles. The van der Waals surface area contributed by atoms with Gasteiger partial charge < -0.3 is 10.5 Å². The van der Waals surface area contributed by atoms with Crippen LogP contribution in [0.1, 0.15) is 20.8 Å². The highest BCUT2D eigenvalue weighted by atomic mass is 35.5. The predicted molar refractivity (Wildman–Crippen MR) is 74.1 cm³/mol. The zero-order valence-corrected chi connectivity index (χ0v) is 11.7. The summed E-state index contributed by atoms with van der Waals surface area (Å²) in [7, 11) is 0. The Morgan fingerprint density at radius 2 is 2.11 bits per heavy atom. The molecule has 1 rings (SSSR count). The number of anilines is 1. The van der Waals surface area contributed by atoms with Gasteiger partial charge in [0.1, 0.15) is 5.60 Å². The van der Waals surface area contributed by atoms with Gasteiger partial charge in [-0.3, -0.25) is 4.90 Å². The number of benzene rings is 1. The van der Waals surface area contributed by atoms with E-state index in [-0.39, 0.29) is 0 Å². The van der Waals surface area contributed by atoms with Crippen LogP contribution in [-0.4, -0.2) is 24.8 Å². The quantitative estimate of drug-likeness (QED) is 0.918. The Labute approximate surface area is 113 Å². The van der Waals surface area contributed by atoms with Gasteiger partial charge in [0.2, 0.25) is 0 Å². The molecule has 0 aliphatic carbocycles. The summed E-state index contributed by atoms with van der Waals surface area (Å²) in [5, 5.41) is 0.568. The molecule has 1 aromatic carbocycles. The molecule has 0 aliphatic rings. The van der Waals surface area contributed by atoms with Crippen molar-refractivity contribution in [2.75, 3.05) is 18.0 Å². The number of carbonyl (C=O) groups excluding carboxylic acids is 1. The Bertz CT molecular complexity index is 416. The van der Waals surface area contributed by atoms with E-state index in [0.29, 0.717) is 23.8 Å². The highest BCUT2D eigenvalue weighted by Crippen LogP contribution is 2.21. The summed E-state index contributed by atoms with van der Waals surface area (Å²) in [4.78, 5) is 13.5. The van der Waals surface area contributed by atoms with E-state index in [1.54, 1.807) is 24.3 Å². The number of nitrogens with two attached hydrogens (primary N) is 1. The van der Waals surface area contributed by atoms with Crippen molar-refractivity contribution < 1.29 is 9.53 Å². The lowest BCUT2D eigenvalue weighted by Gasteiger charge is -2.27. The van der Waals surface area contributed by atoms with Crippen molar-refractivity contribution in [3.05, 3.63) is 29.3 Å². The van der Waals surface area contributed by atoms with Crippen LogP contribution in [0.4, 0.5) is 10.5 Å². The Hall–Kier alpha value is -1.26. The van der Waals surface area contributed by atoms with E-state index in [2.05, 4.69) is 0 Å². The monoisotopic (exact) mass is 270 g/mol. The Balaban J connectivity index is 2.92. The fraction of sp³-hybridized carbons (Fsp3) is 0.462. The molecule has 0 aromatic heterocycles. The van der Waals surface area contributed by atoms with E-state index < -0.39 is 11.7 Å². The molecule has 0 spiro atoms. The van der Waals surface area contributed by atoms with Crippen molar-refractivity contribution in [2.24, 2.45) is 5.73 Å². The fourth-order valence-electron chi connectivity index (χ4n) is 1.42. The van der Waals surface area contributed by atoms with Crippen molar-refractivity contribution in [1.82, 2.24) is 0 Å². The minimum absolute atomic E-state index is 0.353. The van der Waals surface area contributed by atoms with Gasteiger partial charge in [0, 0.05) is 23.8 Å². The van der Waals surface area contributed by atoms with Gasteiger partial charge >= 0.3 is 6.09 Å². The van der Waals surface area contributed by atoms with Gasteiger partial charge in [-0.15, -0.1) is 0 Å². The van der Waals surface area contributed by atoms with Gasteiger partial charge in [-0.05, 0) is 39.0 Å². The van der Waals surface area contributed by atoms with Crippen LogP contribution in [0.15, 0.2) is 24.3 Å².